The molecule has 1 saturated carbocycles. The summed E-state index contributed by atoms with van der Waals surface area (Å²) in [5.41, 5.74) is 0.784. The predicted octanol–water partition coefficient (Wildman–Crippen LogP) is 3.68. The normalized spacial score (nSPS) is 26.1. The Hall–Kier alpha value is -1.58. The van der Waals surface area contributed by atoms with Gasteiger partial charge in [0, 0.05) is 12.6 Å². The Morgan fingerprint density at radius 2 is 1.95 bits per heavy atom. The van der Waals surface area contributed by atoms with Gasteiger partial charge in [0.05, 0.1) is 11.3 Å². The summed E-state index contributed by atoms with van der Waals surface area (Å²) in [6.45, 7) is 0.882. The van der Waals surface area contributed by atoms with Crippen LogP contribution >= 0.6 is 0 Å². The van der Waals surface area contributed by atoms with Crippen LogP contribution in [0.1, 0.15) is 48.9 Å². The van der Waals surface area contributed by atoms with E-state index >= 15 is 0 Å². The van der Waals surface area contributed by atoms with E-state index in [1.807, 2.05) is 0 Å². The number of carboxylic acid groups (broad SMARTS) is 1. The van der Waals surface area contributed by atoms with Crippen molar-refractivity contribution in [1.82, 2.24) is 0 Å². The smallest absolute Gasteiger partial charge is 0.337 e. The van der Waals surface area contributed by atoms with Crippen molar-refractivity contribution in [3.05, 3.63) is 29.6 Å². The van der Waals surface area contributed by atoms with Crippen LogP contribution in [0.2, 0.25) is 0 Å². The SMILES string of the molecule is O=C(O)c1cc(F)ccc1N1CCC[C@H]2CCCC[C@H]21. The van der Waals surface area contributed by atoms with Gasteiger partial charge in [-0.15, -0.1) is 0 Å². The summed E-state index contributed by atoms with van der Waals surface area (Å²) in [7, 11) is 0. The molecule has 0 bridgehead atoms. The van der Waals surface area contributed by atoms with Crippen molar-refractivity contribution in [2.75, 3.05) is 11.4 Å². The van der Waals surface area contributed by atoms with E-state index < -0.39 is 11.8 Å². The summed E-state index contributed by atoms with van der Waals surface area (Å²) < 4.78 is 13.3. The van der Waals surface area contributed by atoms with Crippen LogP contribution < -0.4 is 4.90 Å². The van der Waals surface area contributed by atoms with Crippen LogP contribution in [0.25, 0.3) is 0 Å². The molecule has 1 N–H and O–H groups in total. The first-order valence-corrected chi connectivity index (χ1v) is 7.46. The summed E-state index contributed by atoms with van der Waals surface area (Å²) in [4.78, 5) is 13.6. The van der Waals surface area contributed by atoms with Gasteiger partial charge in [0.15, 0.2) is 0 Å². The van der Waals surface area contributed by atoms with Crippen LogP contribution in [0, 0.1) is 11.7 Å². The Morgan fingerprint density at radius 3 is 2.75 bits per heavy atom. The molecule has 20 heavy (non-hydrogen) atoms. The van der Waals surface area contributed by atoms with Gasteiger partial charge >= 0.3 is 5.97 Å². The summed E-state index contributed by atoms with van der Waals surface area (Å²) in [6.07, 6.45) is 7.19. The molecule has 4 heteroatoms. The van der Waals surface area contributed by atoms with Crippen molar-refractivity contribution in [3.8, 4) is 0 Å². The second-order valence-electron chi connectivity index (χ2n) is 5.91. The lowest BCUT2D eigenvalue weighted by Gasteiger charge is -2.45. The maximum Gasteiger partial charge on any atom is 0.337 e. The molecule has 0 amide bonds. The van der Waals surface area contributed by atoms with Crippen LogP contribution in [0.4, 0.5) is 10.1 Å². The van der Waals surface area contributed by atoms with E-state index in [1.165, 1.54) is 31.7 Å². The number of nitrogens with zero attached hydrogens (tertiary/aromatic N) is 1. The number of benzene rings is 1. The number of halogens is 1. The lowest BCUT2D eigenvalue weighted by molar-refractivity contribution is 0.0696. The summed E-state index contributed by atoms with van der Waals surface area (Å²) in [5.74, 6) is -0.856. The summed E-state index contributed by atoms with van der Waals surface area (Å²) in [6, 6.07) is 4.58. The van der Waals surface area contributed by atoms with Crippen LogP contribution in [0.3, 0.4) is 0 Å². The Kier molecular flexibility index (Phi) is 3.64. The van der Waals surface area contributed by atoms with E-state index in [9.17, 15) is 14.3 Å². The maximum atomic E-state index is 13.3. The summed E-state index contributed by atoms with van der Waals surface area (Å²) >= 11 is 0. The third-order valence-electron chi connectivity index (χ3n) is 4.74. The lowest BCUT2D eigenvalue weighted by atomic mass is 9.78. The van der Waals surface area contributed by atoms with E-state index in [1.54, 1.807) is 6.07 Å². The molecule has 0 radical (unpaired) electrons. The molecule has 2 aliphatic rings. The van der Waals surface area contributed by atoms with Gasteiger partial charge in [-0.05, 0) is 49.8 Å². The molecule has 2 fully saturated rings. The minimum Gasteiger partial charge on any atom is -0.478 e. The molecular weight excluding hydrogens is 257 g/mol. The van der Waals surface area contributed by atoms with Crippen LogP contribution in [0.5, 0.6) is 0 Å². The molecule has 1 aliphatic heterocycles. The molecule has 108 valence electrons. The highest BCUT2D eigenvalue weighted by molar-refractivity contribution is 5.94. The largest absolute Gasteiger partial charge is 0.478 e. The number of hydrogen-bond donors (Lipinski definition) is 1. The Morgan fingerprint density at radius 1 is 1.20 bits per heavy atom. The zero-order valence-electron chi connectivity index (χ0n) is 11.5. The second-order valence-corrected chi connectivity index (χ2v) is 5.91. The number of rotatable bonds is 2. The van der Waals surface area contributed by atoms with Crippen LogP contribution in [-0.2, 0) is 0 Å². The third kappa shape index (κ3) is 2.39. The lowest BCUT2D eigenvalue weighted by Crippen LogP contribution is -2.47. The van der Waals surface area contributed by atoms with Crippen molar-refractivity contribution < 1.29 is 14.3 Å². The number of piperidine rings is 1. The average Bonchev–Trinajstić information content (AvgIpc) is 2.46. The van der Waals surface area contributed by atoms with Gasteiger partial charge in [0.1, 0.15) is 5.82 Å². The monoisotopic (exact) mass is 277 g/mol. The zero-order valence-corrected chi connectivity index (χ0v) is 11.5. The van der Waals surface area contributed by atoms with Crippen molar-refractivity contribution in [3.63, 3.8) is 0 Å². The molecule has 1 aromatic rings. The number of aromatic carboxylic acids is 1. The van der Waals surface area contributed by atoms with E-state index in [0.717, 1.165) is 25.5 Å². The molecule has 0 unspecified atom stereocenters. The summed E-state index contributed by atoms with van der Waals surface area (Å²) in [5, 5.41) is 9.32. The third-order valence-corrected chi connectivity index (χ3v) is 4.74. The maximum absolute atomic E-state index is 13.3. The minimum atomic E-state index is -1.04. The minimum absolute atomic E-state index is 0.0937. The van der Waals surface area contributed by atoms with Gasteiger partial charge in [-0.2, -0.15) is 0 Å². The highest BCUT2D eigenvalue weighted by atomic mass is 19.1. The standard InChI is InChI=1S/C16H20FNO2/c17-12-7-8-15(13(10-12)16(19)20)18-9-3-5-11-4-1-2-6-14(11)18/h7-8,10-11,14H,1-6,9H2,(H,19,20)/t11-,14-/m1/s1. The van der Waals surface area contributed by atoms with Gasteiger partial charge in [0.2, 0.25) is 0 Å². The molecule has 0 spiro atoms. The van der Waals surface area contributed by atoms with Crippen molar-refractivity contribution in [1.29, 1.82) is 0 Å². The molecule has 1 aromatic carbocycles. The number of carbonyl (C=O) groups is 1. The zero-order chi connectivity index (χ0) is 14.1. The highest BCUT2D eigenvalue weighted by Crippen LogP contribution is 2.38. The molecule has 1 aliphatic carbocycles. The van der Waals surface area contributed by atoms with Gasteiger partial charge in [-0.3, -0.25) is 0 Å². The van der Waals surface area contributed by atoms with Crippen molar-refractivity contribution in [2.45, 2.75) is 44.6 Å². The van der Waals surface area contributed by atoms with Crippen LogP contribution in [0.15, 0.2) is 18.2 Å². The number of hydrogen-bond acceptors (Lipinski definition) is 2. The molecule has 0 aromatic heterocycles. The van der Waals surface area contributed by atoms with E-state index in [4.69, 9.17) is 0 Å². The number of anilines is 1. The quantitative estimate of drug-likeness (QED) is 0.896. The Labute approximate surface area is 118 Å². The molecule has 3 rings (SSSR count). The molecule has 1 saturated heterocycles. The number of carboxylic acids is 1. The van der Waals surface area contributed by atoms with Crippen molar-refractivity contribution in [2.24, 2.45) is 5.92 Å². The van der Waals surface area contributed by atoms with Crippen LogP contribution in [-0.4, -0.2) is 23.7 Å². The van der Waals surface area contributed by atoms with Gasteiger partial charge in [-0.1, -0.05) is 12.8 Å². The molecule has 3 nitrogen and oxygen atoms in total. The second kappa shape index (κ2) is 5.43. The molecule has 1 heterocycles. The van der Waals surface area contributed by atoms with E-state index in [2.05, 4.69) is 4.90 Å². The van der Waals surface area contributed by atoms with Gasteiger partial charge in [0.25, 0.3) is 0 Å². The first-order chi connectivity index (χ1) is 9.66. The van der Waals surface area contributed by atoms with E-state index in [0.29, 0.717) is 17.6 Å². The first-order valence-electron chi connectivity index (χ1n) is 7.46. The molecular formula is C16H20FNO2. The van der Waals surface area contributed by atoms with E-state index in [-0.39, 0.29) is 5.56 Å². The fourth-order valence-electron chi connectivity index (χ4n) is 3.85. The number of fused-ring (bicyclic) bond motifs is 1. The van der Waals surface area contributed by atoms with Gasteiger partial charge < -0.3 is 10.0 Å². The average molecular weight is 277 g/mol. The molecule has 2 atom stereocenters. The predicted molar refractivity (Wildman–Crippen MR) is 75.7 cm³/mol. The Balaban J connectivity index is 1.96. The fraction of sp³-hybridized carbons (Fsp3) is 0.562. The topological polar surface area (TPSA) is 40.5 Å². The highest BCUT2D eigenvalue weighted by Gasteiger charge is 2.34. The van der Waals surface area contributed by atoms with Gasteiger partial charge in [-0.25, -0.2) is 9.18 Å². The van der Waals surface area contributed by atoms with Crippen molar-refractivity contribution >= 4 is 11.7 Å². The fourth-order valence-corrected chi connectivity index (χ4v) is 3.85. The first kappa shape index (κ1) is 13.4. The Bertz CT molecular complexity index is 515.